The molecule has 28 heavy (non-hydrogen) atoms. The Morgan fingerprint density at radius 3 is 2.36 bits per heavy atom. The van der Waals surface area contributed by atoms with E-state index in [1.165, 1.54) is 10.9 Å². The van der Waals surface area contributed by atoms with Crippen molar-refractivity contribution in [1.82, 2.24) is 24.0 Å². The molecule has 0 unspecified atom stereocenters. The summed E-state index contributed by atoms with van der Waals surface area (Å²) in [4.78, 5) is 41.7. The fraction of sp³-hybridized carbons (Fsp3) is 0.647. The average molecular weight is 403 g/mol. The molecule has 2 aromatic rings. The largest absolute Gasteiger partial charge is 0.405 e. The number of fused-ring (bicyclic) bond motifs is 1. The predicted molar refractivity (Wildman–Crippen MR) is 97.1 cm³/mol. The van der Waals surface area contributed by atoms with Crippen LogP contribution in [0.3, 0.4) is 0 Å². The number of hydrogen-bond acceptors (Lipinski definition) is 4. The van der Waals surface area contributed by atoms with Gasteiger partial charge in [0.2, 0.25) is 5.91 Å². The Bertz CT molecular complexity index is 942. The van der Waals surface area contributed by atoms with Crippen LogP contribution >= 0.6 is 0 Å². The maximum absolute atomic E-state index is 12.8. The zero-order chi connectivity index (χ0) is 20.9. The number of aromatic nitrogens is 4. The summed E-state index contributed by atoms with van der Waals surface area (Å²) >= 11 is 0. The molecule has 0 aliphatic carbocycles. The molecule has 0 fully saturated rings. The van der Waals surface area contributed by atoms with Crippen LogP contribution in [0, 0.1) is 0 Å². The highest BCUT2D eigenvalue weighted by atomic mass is 19.4. The maximum atomic E-state index is 12.8. The van der Waals surface area contributed by atoms with Crippen LogP contribution in [0.4, 0.5) is 13.2 Å². The van der Waals surface area contributed by atoms with Crippen molar-refractivity contribution in [3.8, 4) is 0 Å². The Morgan fingerprint density at radius 1 is 1.11 bits per heavy atom. The normalized spacial score (nSPS) is 11.9. The number of halogens is 3. The van der Waals surface area contributed by atoms with Crippen LogP contribution in [0.25, 0.3) is 11.2 Å². The lowest BCUT2D eigenvalue weighted by Crippen LogP contribution is -2.45. The van der Waals surface area contributed by atoms with Crippen LogP contribution in [-0.4, -0.2) is 37.3 Å². The Hall–Kier alpha value is -2.59. The monoisotopic (exact) mass is 403 g/mol. The predicted octanol–water partition coefficient (Wildman–Crippen LogP) is 1.64. The van der Waals surface area contributed by atoms with Crippen molar-refractivity contribution in [3.05, 3.63) is 27.2 Å². The Balaban J connectivity index is 2.50. The van der Waals surface area contributed by atoms with E-state index < -0.39 is 36.4 Å². The minimum atomic E-state index is -4.58. The molecule has 0 aliphatic rings. The van der Waals surface area contributed by atoms with Gasteiger partial charge >= 0.3 is 11.9 Å². The van der Waals surface area contributed by atoms with Gasteiger partial charge in [-0.05, 0) is 12.8 Å². The number of amides is 1. The highest BCUT2D eigenvalue weighted by molar-refractivity contribution is 5.76. The number of rotatable bonds is 9. The van der Waals surface area contributed by atoms with Gasteiger partial charge in [0.25, 0.3) is 5.56 Å². The molecule has 0 aromatic carbocycles. The molecule has 0 atom stereocenters. The molecular formula is C17H24F3N5O3. The summed E-state index contributed by atoms with van der Waals surface area (Å²) in [6.45, 7) is 2.41. The topological polar surface area (TPSA) is 90.9 Å². The Kier molecular flexibility index (Phi) is 7.03. The summed E-state index contributed by atoms with van der Waals surface area (Å²) in [5.74, 6) is -1.06. The lowest BCUT2D eigenvalue weighted by Gasteiger charge is -2.13. The third-order valence-electron chi connectivity index (χ3n) is 4.26. The number of alkyl halides is 3. The van der Waals surface area contributed by atoms with Gasteiger partial charge in [0.1, 0.15) is 13.1 Å². The number of unbranched alkanes of at least 4 members (excludes halogenated alkanes) is 2. The molecule has 1 amide bonds. The minimum absolute atomic E-state index is 0.174. The Morgan fingerprint density at radius 2 is 1.75 bits per heavy atom. The zero-order valence-corrected chi connectivity index (χ0v) is 15.9. The van der Waals surface area contributed by atoms with Gasteiger partial charge in [-0.25, -0.2) is 14.3 Å². The van der Waals surface area contributed by atoms with E-state index in [1.807, 2.05) is 13.8 Å². The molecule has 11 heteroatoms. The van der Waals surface area contributed by atoms with Crippen LogP contribution < -0.4 is 16.6 Å². The molecule has 2 aromatic heterocycles. The Labute approximate surface area is 159 Å². The molecule has 2 rings (SSSR count). The van der Waals surface area contributed by atoms with E-state index in [4.69, 9.17) is 0 Å². The molecule has 2 heterocycles. The summed E-state index contributed by atoms with van der Waals surface area (Å²) in [7, 11) is 0. The summed E-state index contributed by atoms with van der Waals surface area (Å²) in [5, 5.41) is 1.68. The van der Waals surface area contributed by atoms with Crippen LogP contribution in [0.2, 0.25) is 0 Å². The van der Waals surface area contributed by atoms with Gasteiger partial charge in [-0.2, -0.15) is 13.2 Å². The molecule has 0 bridgehead atoms. The van der Waals surface area contributed by atoms with Crippen molar-refractivity contribution in [2.75, 3.05) is 6.54 Å². The van der Waals surface area contributed by atoms with Gasteiger partial charge in [-0.1, -0.05) is 26.7 Å². The number of aryl methyl sites for hydroxylation is 2. The summed E-state index contributed by atoms with van der Waals surface area (Å²) in [6, 6.07) is 0. The maximum Gasteiger partial charge on any atom is 0.405 e. The molecule has 8 nitrogen and oxygen atoms in total. The van der Waals surface area contributed by atoms with E-state index in [0.29, 0.717) is 24.1 Å². The highest BCUT2D eigenvalue weighted by Crippen LogP contribution is 2.12. The second kappa shape index (κ2) is 9.07. The van der Waals surface area contributed by atoms with E-state index in [9.17, 15) is 27.6 Å². The molecule has 0 spiro atoms. The number of hydrogen-bond donors (Lipinski definition) is 1. The van der Waals surface area contributed by atoms with Gasteiger partial charge in [-0.15, -0.1) is 0 Å². The molecule has 0 radical (unpaired) electrons. The second-order valence-electron chi connectivity index (χ2n) is 6.53. The van der Waals surface area contributed by atoms with Crippen molar-refractivity contribution in [2.24, 2.45) is 0 Å². The van der Waals surface area contributed by atoms with Crippen molar-refractivity contribution in [3.63, 3.8) is 0 Å². The molecule has 0 saturated heterocycles. The van der Waals surface area contributed by atoms with Crippen molar-refractivity contribution >= 4 is 17.1 Å². The minimum Gasteiger partial charge on any atom is -0.345 e. The first-order chi connectivity index (χ1) is 13.2. The standard InChI is InChI=1S/C17H24F3N5O3/c1-3-5-7-23-11-22-14-13(23)15(27)25(16(28)24(14)8-6-4-2)9-12(26)21-10-17(18,19)20/h11H,3-10H2,1-2H3,(H,21,26). The molecule has 0 aliphatic heterocycles. The first kappa shape index (κ1) is 21.7. The lowest BCUT2D eigenvalue weighted by molar-refractivity contribution is -0.138. The zero-order valence-electron chi connectivity index (χ0n) is 15.9. The van der Waals surface area contributed by atoms with Gasteiger partial charge in [-0.3, -0.25) is 14.2 Å². The van der Waals surface area contributed by atoms with Crippen molar-refractivity contribution in [2.45, 2.75) is 65.3 Å². The van der Waals surface area contributed by atoms with E-state index in [0.717, 1.165) is 19.3 Å². The van der Waals surface area contributed by atoms with E-state index >= 15 is 0 Å². The molecule has 156 valence electrons. The first-order valence-corrected chi connectivity index (χ1v) is 9.21. The van der Waals surface area contributed by atoms with Gasteiger partial charge < -0.3 is 9.88 Å². The molecule has 1 N–H and O–H groups in total. The van der Waals surface area contributed by atoms with E-state index in [-0.39, 0.29) is 11.2 Å². The number of carbonyl (C=O) groups excluding carboxylic acids is 1. The number of nitrogens with one attached hydrogen (secondary N) is 1. The van der Waals surface area contributed by atoms with Gasteiger partial charge in [0, 0.05) is 13.1 Å². The SMILES string of the molecule is CCCCn1cnc2c1c(=O)n(CC(=O)NCC(F)(F)F)c(=O)n2CCCC. The molecule has 0 saturated carbocycles. The number of imidazole rings is 1. The average Bonchev–Trinajstić information content (AvgIpc) is 3.05. The van der Waals surface area contributed by atoms with Crippen molar-refractivity contribution in [1.29, 1.82) is 0 Å². The van der Waals surface area contributed by atoms with E-state index in [1.54, 1.807) is 9.88 Å². The summed E-state index contributed by atoms with van der Waals surface area (Å²) in [5.41, 5.74) is -1.09. The number of carbonyl (C=O) groups is 1. The van der Waals surface area contributed by atoms with Gasteiger partial charge in [0.05, 0.1) is 6.33 Å². The third kappa shape index (κ3) is 5.02. The highest BCUT2D eigenvalue weighted by Gasteiger charge is 2.28. The van der Waals surface area contributed by atoms with Crippen LogP contribution in [-0.2, 0) is 24.4 Å². The fourth-order valence-corrected chi connectivity index (χ4v) is 2.79. The molecular weight excluding hydrogens is 379 g/mol. The van der Waals surface area contributed by atoms with Gasteiger partial charge in [0.15, 0.2) is 11.2 Å². The summed E-state index contributed by atoms with van der Waals surface area (Å²) in [6.07, 6.45) is -0.0123. The first-order valence-electron chi connectivity index (χ1n) is 9.21. The van der Waals surface area contributed by atoms with Crippen LogP contribution in [0.1, 0.15) is 39.5 Å². The quantitative estimate of drug-likeness (QED) is 0.689. The fourth-order valence-electron chi connectivity index (χ4n) is 2.79. The lowest BCUT2D eigenvalue weighted by atomic mass is 10.3. The summed E-state index contributed by atoms with van der Waals surface area (Å²) < 4.78 is 40.5. The second-order valence-corrected chi connectivity index (χ2v) is 6.53. The van der Waals surface area contributed by atoms with Crippen LogP contribution in [0.5, 0.6) is 0 Å². The van der Waals surface area contributed by atoms with E-state index in [2.05, 4.69) is 4.98 Å². The third-order valence-corrected chi connectivity index (χ3v) is 4.26. The smallest absolute Gasteiger partial charge is 0.345 e. The van der Waals surface area contributed by atoms with Crippen molar-refractivity contribution < 1.29 is 18.0 Å². The number of nitrogens with zero attached hydrogens (tertiary/aromatic N) is 4. The van der Waals surface area contributed by atoms with Crippen LogP contribution in [0.15, 0.2) is 15.9 Å².